The van der Waals surface area contributed by atoms with Crippen molar-refractivity contribution < 1.29 is 28.8 Å². The molecule has 162 valence electrons. The summed E-state index contributed by atoms with van der Waals surface area (Å²) in [7, 11) is 1.49. The van der Waals surface area contributed by atoms with Crippen molar-refractivity contribution in [2.24, 2.45) is 0 Å². The number of ether oxygens (including phenoxy) is 4. The lowest BCUT2D eigenvalue weighted by Gasteiger charge is -2.44. The van der Waals surface area contributed by atoms with Gasteiger partial charge in [-0.3, -0.25) is 4.79 Å². The lowest BCUT2D eigenvalue weighted by molar-refractivity contribution is -0.274. The molecule has 1 fully saturated rings. The van der Waals surface area contributed by atoms with Crippen LogP contribution in [0.2, 0.25) is 0 Å². The van der Waals surface area contributed by atoms with Gasteiger partial charge in [0, 0.05) is 14.0 Å². The zero-order valence-corrected chi connectivity index (χ0v) is 17.3. The topological polar surface area (TPSA) is 86.2 Å². The molecule has 1 heterocycles. The van der Waals surface area contributed by atoms with E-state index in [1.54, 1.807) is 0 Å². The zero-order valence-electron chi connectivity index (χ0n) is 17.3. The fourth-order valence-electron chi connectivity index (χ4n) is 3.48. The molecule has 2 N–H and O–H groups in total. The minimum Gasteiger partial charge on any atom is -0.388 e. The van der Waals surface area contributed by atoms with Crippen LogP contribution < -0.4 is 5.32 Å². The number of aliphatic hydroxyl groups excluding tert-OH is 1. The van der Waals surface area contributed by atoms with Crippen LogP contribution in [0.3, 0.4) is 0 Å². The van der Waals surface area contributed by atoms with Crippen molar-refractivity contribution in [2.45, 2.75) is 50.8 Å². The van der Waals surface area contributed by atoms with Gasteiger partial charge in [0.25, 0.3) is 0 Å². The standard InChI is InChI=1S/C23H29NO6/c1-16(25)24-20-22(29-14-18-11-7-4-8-12-18)21(26)19(30-23(20)27-2)15-28-13-17-9-5-3-6-10-17/h3-12,19-23,26H,13-15H2,1-2H3,(H,24,25)/t19-,20+,21-,22+,23-/m0/s1. The molecule has 1 aliphatic heterocycles. The molecule has 7 nitrogen and oxygen atoms in total. The number of methoxy groups -OCH3 is 1. The molecular weight excluding hydrogens is 386 g/mol. The van der Waals surface area contributed by atoms with Gasteiger partial charge >= 0.3 is 0 Å². The van der Waals surface area contributed by atoms with Crippen molar-refractivity contribution in [1.82, 2.24) is 5.32 Å². The van der Waals surface area contributed by atoms with Crippen LogP contribution in [0.4, 0.5) is 0 Å². The molecule has 1 aliphatic rings. The lowest BCUT2D eigenvalue weighted by Crippen LogP contribution is -2.65. The van der Waals surface area contributed by atoms with Crippen LogP contribution in [0.1, 0.15) is 18.1 Å². The van der Waals surface area contributed by atoms with Gasteiger partial charge in [0.15, 0.2) is 6.29 Å². The van der Waals surface area contributed by atoms with Crippen molar-refractivity contribution >= 4 is 5.91 Å². The maximum atomic E-state index is 11.7. The van der Waals surface area contributed by atoms with Gasteiger partial charge in [-0.25, -0.2) is 0 Å². The van der Waals surface area contributed by atoms with Gasteiger partial charge in [-0.1, -0.05) is 60.7 Å². The molecule has 0 aromatic heterocycles. The fourth-order valence-corrected chi connectivity index (χ4v) is 3.48. The minimum absolute atomic E-state index is 0.161. The summed E-state index contributed by atoms with van der Waals surface area (Å²) in [5.74, 6) is -0.259. The van der Waals surface area contributed by atoms with Crippen LogP contribution >= 0.6 is 0 Å². The van der Waals surface area contributed by atoms with Crippen LogP contribution in [0.5, 0.6) is 0 Å². The Morgan fingerprint density at radius 2 is 1.63 bits per heavy atom. The van der Waals surface area contributed by atoms with E-state index < -0.39 is 30.6 Å². The maximum Gasteiger partial charge on any atom is 0.217 e. The van der Waals surface area contributed by atoms with Gasteiger partial charge in [-0.2, -0.15) is 0 Å². The Balaban J connectivity index is 1.68. The first-order valence-corrected chi connectivity index (χ1v) is 9.99. The number of carbonyl (C=O) groups excluding carboxylic acids is 1. The summed E-state index contributed by atoms with van der Waals surface area (Å²) in [4.78, 5) is 11.7. The Labute approximate surface area is 176 Å². The van der Waals surface area contributed by atoms with E-state index in [1.807, 2.05) is 60.7 Å². The molecule has 0 spiro atoms. The van der Waals surface area contributed by atoms with E-state index in [1.165, 1.54) is 14.0 Å². The van der Waals surface area contributed by atoms with Gasteiger partial charge < -0.3 is 29.4 Å². The van der Waals surface area contributed by atoms with Crippen molar-refractivity contribution in [3.8, 4) is 0 Å². The smallest absolute Gasteiger partial charge is 0.217 e. The molecule has 0 bridgehead atoms. The molecule has 1 amide bonds. The summed E-state index contributed by atoms with van der Waals surface area (Å²) in [6.45, 7) is 2.25. The highest BCUT2D eigenvalue weighted by molar-refractivity contribution is 5.73. The van der Waals surface area contributed by atoms with Crippen molar-refractivity contribution in [1.29, 1.82) is 0 Å². The van der Waals surface area contributed by atoms with E-state index in [0.29, 0.717) is 6.61 Å². The van der Waals surface area contributed by atoms with E-state index in [0.717, 1.165) is 11.1 Å². The van der Waals surface area contributed by atoms with E-state index in [-0.39, 0.29) is 19.1 Å². The first-order chi connectivity index (χ1) is 14.6. The number of aliphatic hydroxyl groups is 1. The van der Waals surface area contributed by atoms with Gasteiger partial charge in [-0.05, 0) is 11.1 Å². The molecule has 2 aromatic rings. The highest BCUT2D eigenvalue weighted by atomic mass is 16.7. The third-order valence-electron chi connectivity index (χ3n) is 4.95. The first kappa shape index (κ1) is 22.4. The summed E-state index contributed by atoms with van der Waals surface area (Å²) in [6, 6.07) is 18.7. The second kappa shape index (κ2) is 11.2. The summed E-state index contributed by atoms with van der Waals surface area (Å²) in [6.07, 6.45) is -3.17. The average molecular weight is 415 g/mol. The number of hydrogen-bond donors (Lipinski definition) is 2. The maximum absolute atomic E-state index is 11.7. The molecule has 3 rings (SSSR count). The molecule has 5 atom stereocenters. The molecule has 0 unspecified atom stereocenters. The highest BCUT2D eigenvalue weighted by Gasteiger charge is 2.46. The Kier molecular flexibility index (Phi) is 8.36. The molecule has 2 aromatic carbocycles. The third-order valence-corrected chi connectivity index (χ3v) is 4.95. The van der Waals surface area contributed by atoms with E-state index in [2.05, 4.69) is 5.32 Å². The number of nitrogens with one attached hydrogen (secondary N) is 1. The predicted molar refractivity (Wildman–Crippen MR) is 110 cm³/mol. The quantitative estimate of drug-likeness (QED) is 0.652. The Hall–Kier alpha value is -2.29. The van der Waals surface area contributed by atoms with Gasteiger partial charge in [-0.15, -0.1) is 0 Å². The number of carbonyl (C=O) groups is 1. The van der Waals surface area contributed by atoms with E-state index in [4.69, 9.17) is 18.9 Å². The van der Waals surface area contributed by atoms with Crippen molar-refractivity contribution in [3.63, 3.8) is 0 Å². The number of amides is 1. The molecule has 0 aliphatic carbocycles. The van der Waals surface area contributed by atoms with Crippen LogP contribution in [-0.2, 0) is 37.0 Å². The molecule has 1 saturated heterocycles. The summed E-state index contributed by atoms with van der Waals surface area (Å²) in [5, 5.41) is 13.8. The summed E-state index contributed by atoms with van der Waals surface area (Å²) in [5.41, 5.74) is 1.99. The van der Waals surface area contributed by atoms with Gasteiger partial charge in [0.1, 0.15) is 24.4 Å². The summed E-state index contributed by atoms with van der Waals surface area (Å²) >= 11 is 0. The highest BCUT2D eigenvalue weighted by Crippen LogP contribution is 2.26. The normalized spacial score (nSPS) is 26.3. The largest absolute Gasteiger partial charge is 0.388 e. The Bertz CT molecular complexity index is 772. The van der Waals surface area contributed by atoms with E-state index in [9.17, 15) is 9.90 Å². The number of rotatable bonds is 9. The van der Waals surface area contributed by atoms with Crippen LogP contribution in [0.25, 0.3) is 0 Å². The zero-order chi connectivity index (χ0) is 21.3. The second-order valence-corrected chi connectivity index (χ2v) is 7.26. The SMILES string of the molecule is CO[C@H]1O[C@@H](COCc2ccccc2)[C@H](O)[C@H](OCc2ccccc2)[C@H]1NC(C)=O. The number of hydrogen-bond acceptors (Lipinski definition) is 6. The van der Waals surface area contributed by atoms with Gasteiger partial charge in [0.2, 0.25) is 5.91 Å². The average Bonchev–Trinajstić information content (AvgIpc) is 2.76. The molecule has 0 saturated carbocycles. The molecule has 30 heavy (non-hydrogen) atoms. The lowest BCUT2D eigenvalue weighted by atomic mass is 9.96. The third kappa shape index (κ3) is 6.10. The van der Waals surface area contributed by atoms with E-state index >= 15 is 0 Å². The first-order valence-electron chi connectivity index (χ1n) is 9.99. The molecule has 0 radical (unpaired) electrons. The predicted octanol–water partition coefficient (Wildman–Crippen LogP) is 2.03. The molecular formula is C23H29NO6. The van der Waals surface area contributed by atoms with Gasteiger partial charge in [0.05, 0.1) is 19.8 Å². The summed E-state index contributed by atoms with van der Waals surface area (Å²) < 4.78 is 23.1. The fraction of sp³-hybridized carbons (Fsp3) is 0.435. The molecule has 7 heteroatoms. The van der Waals surface area contributed by atoms with Crippen LogP contribution in [-0.4, -0.2) is 55.4 Å². The monoisotopic (exact) mass is 415 g/mol. The minimum atomic E-state index is -1.01. The Morgan fingerprint density at radius 1 is 1.03 bits per heavy atom. The second-order valence-electron chi connectivity index (χ2n) is 7.26. The van der Waals surface area contributed by atoms with Crippen molar-refractivity contribution in [3.05, 3.63) is 71.8 Å². The Morgan fingerprint density at radius 3 is 2.20 bits per heavy atom. The number of benzene rings is 2. The van der Waals surface area contributed by atoms with Crippen LogP contribution in [0.15, 0.2) is 60.7 Å². The van der Waals surface area contributed by atoms with Crippen LogP contribution in [0, 0.1) is 0 Å². The van der Waals surface area contributed by atoms with Crippen molar-refractivity contribution in [2.75, 3.05) is 13.7 Å².